The van der Waals surface area contributed by atoms with Gasteiger partial charge in [-0.25, -0.2) is 20.6 Å². The summed E-state index contributed by atoms with van der Waals surface area (Å²) in [6.45, 7) is 0. The van der Waals surface area contributed by atoms with E-state index >= 15 is 0 Å². The molecule has 0 radical (unpaired) electrons. The number of aromatic nitrogens is 3. The predicted molar refractivity (Wildman–Crippen MR) is 63.4 cm³/mol. The van der Waals surface area contributed by atoms with Crippen LogP contribution in [0.25, 0.3) is 0 Å². The number of nitrogens with two attached hydrogens (primary N) is 1. The summed E-state index contributed by atoms with van der Waals surface area (Å²) >= 11 is 5.67. The van der Waals surface area contributed by atoms with E-state index in [9.17, 15) is 4.79 Å². The average molecular weight is 266 g/mol. The molecule has 2 rings (SSSR count). The molecule has 2 aromatic heterocycles. The number of carbonyl (C=O) groups excluding carboxylic acids is 1. The lowest BCUT2D eigenvalue weighted by atomic mass is 10.4. The van der Waals surface area contributed by atoms with Crippen molar-refractivity contribution >= 4 is 23.4 Å². The molecule has 0 bridgehead atoms. The Labute approximate surface area is 107 Å². The number of pyridine rings is 1. The first-order valence-corrected chi connectivity index (χ1v) is 5.19. The van der Waals surface area contributed by atoms with Crippen LogP contribution in [-0.4, -0.2) is 20.9 Å². The molecule has 0 aliphatic heterocycles. The molecule has 0 aliphatic carbocycles. The highest BCUT2D eigenvalue weighted by atomic mass is 35.5. The van der Waals surface area contributed by atoms with Gasteiger partial charge in [-0.2, -0.15) is 0 Å². The van der Waals surface area contributed by atoms with Gasteiger partial charge in [0.25, 0.3) is 0 Å². The van der Waals surface area contributed by atoms with Crippen molar-refractivity contribution in [3.8, 4) is 0 Å². The molecule has 0 aliphatic rings. The van der Waals surface area contributed by atoms with Gasteiger partial charge in [0.1, 0.15) is 0 Å². The molecule has 2 aromatic rings. The van der Waals surface area contributed by atoms with E-state index in [-0.39, 0.29) is 11.5 Å². The summed E-state index contributed by atoms with van der Waals surface area (Å²) in [6.07, 6.45) is 5.47. The van der Waals surface area contributed by atoms with Gasteiger partial charge in [0.15, 0.2) is 11.5 Å². The Morgan fingerprint density at radius 1 is 1.28 bits per heavy atom. The third-order valence-electron chi connectivity index (χ3n) is 1.89. The molecular formula is C10H8ClN5O2. The minimum Gasteiger partial charge on any atom is -0.317 e. The minimum absolute atomic E-state index is 0.0434. The first kappa shape index (κ1) is 12.2. The number of rotatable bonds is 3. The molecule has 0 aromatic carbocycles. The largest absolute Gasteiger partial charge is 0.384 e. The van der Waals surface area contributed by atoms with Crippen LogP contribution in [0, 0.1) is 0 Å². The van der Waals surface area contributed by atoms with Gasteiger partial charge in [0.2, 0.25) is 0 Å². The van der Waals surface area contributed by atoms with Crippen LogP contribution in [-0.2, 0) is 4.84 Å². The maximum Gasteiger partial charge on any atom is 0.384 e. The zero-order chi connectivity index (χ0) is 13.0. The third kappa shape index (κ3) is 2.90. The SMILES string of the molecule is NN(OC(=O)c1cnccn1)c1ccc(Cl)cn1. The van der Waals surface area contributed by atoms with E-state index in [0.29, 0.717) is 5.02 Å². The van der Waals surface area contributed by atoms with Crippen molar-refractivity contribution in [1.29, 1.82) is 0 Å². The Bertz CT molecular complexity index is 534. The Hall–Kier alpha value is -2.25. The van der Waals surface area contributed by atoms with Crippen molar-refractivity contribution in [1.82, 2.24) is 15.0 Å². The summed E-state index contributed by atoms with van der Waals surface area (Å²) in [6, 6.07) is 3.08. The molecule has 92 valence electrons. The average Bonchev–Trinajstić information content (AvgIpc) is 2.40. The molecule has 0 saturated heterocycles. The van der Waals surface area contributed by atoms with Gasteiger partial charge in [-0.1, -0.05) is 11.6 Å². The summed E-state index contributed by atoms with van der Waals surface area (Å²) in [5, 5.41) is 1.18. The van der Waals surface area contributed by atoms with E-state index in [4.69, 9.17) is 22.3 Å². The van der Waals surface area contributed by atoms with Gasteiger partial charge >= 0.3 is 5.97 Å². The van der Waals surface area contributed by atoms with Gasteiger partial charge < -0.3 is 4.84 Å². The van der Waals surface area contributed by atoms with E-state index in [2.05, 4.69) is 15.0 Å². The van der Waals surface area contributed by atoms with Crippen LogP contribution in [0.2, 0.25) is 5.02 Å². The zero-order valence-electron chi connectivity index (χ0n) is 9.02. The van der Waals surface area contributed by atoms with Crippen molar-refractivity contribution in [2.45, 2.75) is 0 Å². The fraction of sp³-hybridized carbons (Fsp3) is 0. The molecule has 0 unspecified atom stereocenters. The molecule has 0 fully saturated rings. The van der Waals surface area contributed by atoms with E-state index in [0.717, 1.165) is 5.17 Å². The maximum absolute atomic E-state index is 11.6. The maximum atomic E-state index is 11.6. The number of hydrazine groups is 1. The second kappa shape index (κ2) is 5.39. The first-order valence-electron chi connectivity index (χ1n) is 4.81. The number of anilines is 1. The summed E-state index contributed by atoms with van der Waals surface area (Å²) in [4.78, 5) is 27.8. The van der Waals surface area contributed by atoms with Crippen molar-refractivity contribution in [3.05, 3.63) is 47.6 Å². The van der Waals surface area contributed by atoms with Crippen LogP contribution < -0.4 is 11.0 Å². The van der Waals surface area contributed by atoms with Crippen LogP contribution in [0.1, 0.15) is 10.5 Å². The summed E-state index contributed by atoms with van der Waals surface area (Å²) in [5.74, 6) is 5.02. The van der Waals surface area contributed by atoms with E-state index < -0.39 is 5.97 Å². The highest BCUT2D eigenvalue weighted by Crippen LogP contribution is 2.12. The molecule has 8 heteroatoms. The lowest BCUT2D eigenvalue weighted by Gasteiger charge is -2.15. The molecule has 18 heavy (non-hydrogen) atoms. The fourth-order valence-corrected chi connectivity index (χ4v) is 1.20. The number of halogens is 1. The van der Waals surface area contributed by atoms with Crippen LogP contribution in [0.3, 0.4) is 0 Å². The van der Waals surface area contributed by atoms with Gasteiger partial charge in [0, 0.05) is 18.6 Å². The predicted octanol–water partition coefficient (Wildman–Crippen LogP) is 0.977. The Morgan fingerprint density at radius 2 is 2.11 bits per heavy atom. The van der Waals surface area contributed by atoms with Gasteiger partial charge in [0.05, 0.1) is 11.2 Å². The van der Waals surface area contributed by atoms with Gasteiger partial charge in [-0.3, -0.25) is 4.98 Å². The molecule has 2 heterocycles. The quantitative estimate of drug-likeness (QED) is 0.653. The monoisotopic (exact) mass is 265 g/mol. The first-order chi connectivity index (χ1) is 8.66. The van der Waals surface area contributed by atoms with Crippen LogP contribution in [0.5, 0.6) is 0 Å². The van der Waals surface area contributed by atoms with Crippen LogP contribution in [0.15, 0.2) is 36.9 Å². The van der Waals surface area contributed by atoms with E-state index in [1.54, 1.807) is 6.07 Å². The number of carbonyl (C=O) groups is 1. The molecule has 7 nitrogen and oxygen atoms in total. The second-order valence-corrected chi connectivity index (χ2v) is 3.57. The number of hydrogen-bond donors (Lipinski definition) is 1. The summed E-state index contributed by atoms with van der Waals surface area (Å²) in [7, 11) is 0. The van der Waals surface area contributed by atoms with Gasteiger partial charge in [-0.15, -0.1) is 5.17 Å². The van der Waals surface area contributed by atoms with Gasteiger partial charge in [-0.05, 0) is 12.1 Å². The lowest BCUT2D eigenvalue weighted by molar-refractivity contribution is 0.0439. The molecule has 2 N–H and O–H groups in total. The Balaban J connectivity index is 2.06. The van der Waals surface area contributed by atoms with Crippen molar-refractivity contribution in [2.75, 3.05) is 5.17 Å². The topological polar surface area (TPSA) is 94.2 Å². The lowest BCUT2D eigenvalue weighted by Crippen LogP contribution is -2.34. The van der Waals surface area contributed by atoms with Crippen molar-refractivity contribution < 1.29 is 9.63 Å². The van der Waals surface area contributed by atoms with Crippen molar-refractivity contribution in [2.24, 2.45) is 5.84 Å². The number of hydrogen-bond acceptors (Lipinski definition) is 7. The molecular weight excluding hydrogens is 258 g/mol. The molecule has 0 amide bonds. The third-order valence-corrected chi connectivity index (χ3v) is 2.11. The van der Waals surface area contributed by atoms with E-state index in [1.165, 1.54) is 30.9 Å². The normalized spacial score (nSPS) is 9.89. The molecule has 0 spiro atoms. The second-order valence-electron chi connectivity index (χ2n) is 3.13. The highest BCUT2D eigenvalue weighted by molar-refractivity contribution is 6.30. The highest BCUT2D eigenvalue weighted by Gasteiger charge is 2.14. The number of nitrogens with zero attached hydrogens (tertiary/aromatic N) is 4. The van der Waals surface area contributed by atoms with Crippen molar-refractivity contribution in [3.63, 3.8) is 0 Å². The summed E-state index contributed by atoms with van der Waals surface area (Å²) < 4.78 is 0. The standard InChI is InChI=1S/C10H8ClN5O2/c11-7-1-2-9(15-5-7)16(12)18-10(17)8-6-13-3-4-14-8/h1-6H,12H2. The Kier molecular flexibility index (Phi) is 3.66. The fourth-order valence-electron chi connectivity index (χ4n) is 1.09. The molecule has 0 saturated carbocycles. The van der Waals surface area contributed by atoms with Crippen LogP contribution in [0.4, 0.5) is 5.82 Å². The Morgan fingerprint density at radius 3 is 2.72 bits per heavy atom. The van der Waals surface area contributed by atoms with E-state index in [1.807, 2.05) is 0 Å². The van der Waals surface area contributed by atoms with Crippen LogP contribution >= 0.6 is 11.6 Å². The summed E-state index contributed by atoms with van der Waals surface area (Å²) in [5.41, 5.74) is 0.0434. The smallest absolute Gasteiger partial charge is 0.317 e. The molecule has 0 atom stereocenters. The minimum atomic E-state index is -0.734. The zero-order valence-corrected chi connectivity index (χ0v) is 9.78.